The molecule has 2 heterocycles. The highest BCUT2D eigenvalue weighted by atomic mass is 16.5. The molecule has 5 heteroatoms. The fourth-order valence-corrected chi connectivity index (χ4v) is 1.83. The molecule has 1 aromatic heterocycles. The van der Waals surface area contributed by atoms with Gasteiger partial charge in [-0.25, -0.2) is 9.97 Å². The molecule has 1 saturated heterocycles. The predicted molar refractivity (Wildman–Crippen MR) is 63.8 cm³/mol. The minimum atomic E-state index is 0.321. The highest BCUT2D eigenvalue weighted by Crippen LogP contribution is 2.17. The van der Waals surface area contributed by atoms with Gasteiger partial charge in [0.25, 0.3) is 0 Å². The maximum Gasteiger partial charge on any atom is 0.134 e. The van der Waals surface area contributed by atoms with Crippen molar-refractivity contribution in [2.75, 3.05) is 37.0 Å². The van der Waals surface area contributed by atoms with Crippen LogP contribution in [0.15, 0.2) is 12.4 Å². The quantitative estimate of drug-likeness (QED) is 0.831. The molecule has 1 aliphatic rings. The Bertz CT molecular complexity index is 345. The van der Waals surface area contributed by atoms with Gasteiger partial charge in [0.15, 0.2) is 0 Å². The average Bonchev–Trinajstić information content (AvgIpc) is 2.39. The van der Waals surface area contributed by atoms with E-state index in [2.05, 4.69) is 27.1 Å². The van der Waals surface area contributed by atoms with E-state index in [4.69, 9.17) is 4.74 Å². The third-order valence-electron chi connectivity index (χ3n) is 2.83. The van der Waals surface area contributed by atoms with Gasteiger partial charge in [0, 0.05) is 26.2 Å². The van der Waals surface area contributed by atoms with Crippen LogP contribution in [0.1, 0.15) is 13.3 Å². The van der Waals surface area contributed by atoms with Crippen molar-refractivity contribution in [3.05, 3.63) is 12.4 Å². The molecule has 0 amide bonds. The van der Waals surface area contributed by atoms with Crippen LogP contribution in [-0.4, -0.2) is 42.8 Å². The summed E-state index contributed by atoms with van der Waals surface area (Å²) < 4.78 is 5.63. The topological polar surface area (TPSA) is 50.3 Å². The lowest BCUT2D eigenvalue weighted by atomic mass is 10.2. The van der Waals surface area contributed by atoms with Gasteiger partial charge in [0.1, 0.15) is 18.0 Å². The summed E-state index contributed by atoms with van der Waals surface area (Å²) in [5.74, 6) is 1.82. The first-order chi connectivity index (χ1) is 7.83. The van der Waals surface area contributed by atoms with E-state index in [9.17, 15) is 0 Å². The number of aromatic nitrogens is 2. The summed E-state index contributed by atoms with van der Waals surface area (Å²) in [6.07, 6.45) is 2.96. The SMILES string of the molecule is CCC1CN(c2cc(NC)ncn2)CCO1. The predicted octanol–water partition coefficient (Wildman–Crippen LogP) is 1.13. The van der Waals surface area contributed by atoms with Gasteiger partial charge in [-0.15, -0.1) is 0 Å². The molecule has 88 valence electrons. The molecule has 1 fully saturated rings. The third-order valence-corrected chi connectivity index (χ3v) is 2.83. The zero-order valence-electron chi connectivity index (χ0n) is 9.81. The number of hydrogen-bond acceptors (Lipinski definition) is 5. The van der Waals surface area contributed by atoms with Gasteiger partial charge in [-0.3, -0.25) is 0 Å². The number of nitrogens with zero attached hydrogens (tertiary/aromatic N) is 3. The molecule has 0 radical (unpaired) electrons. The number of nitrogens with one attached hydrogen (secondary N) is 1. The molecule has 0 aliphatic carbocycles. The van der Waals surface area contributed by atoms with E-state index in [0.717, 1.165) is 37.8 Å². The van der Waals surface area contributed by atoms with Gasteiger partial charge in [-0.2, -0.15) is 0 Å². The molecular formula is C11H18N4O. The molecule has 5 nitrogen and oxygen atoms in total. The lowest BCUT2D eigenvalue weighted by Gasteiger charge is -2.33. The van der Waals surface area contributed by atoms with Crippen molar-refractivity contribution in [3.8, 4) is 0 Å². The molecule has 0 spiro atoms. The van der Waals surface area contributed by atoms with Gasteiger partial charge < -0.3 is 15.0 Å². The second-order valence-electron chi connectivity index (χ2n) is 3.86. The number of hydrogen-bond donors (Lipinski definition) is 1. The van der Waals surface area contributed by atoms with Crippen LogP contribution in [0.3, 0.4) is 0 Å². The third kappa shape index (κ3) is 2.41. The number of ether oxygens (including phenoxy) is 1. The molecule has 1 unspecified atom stereocenters. The minimum Gasteiger partial charge on any atom is -0.375 e. The largest absolute Gasteiger partial charge is 0.375 e. The van der Waals surface area contributed by atoms with Crippen molar-refractivity contribution in [1.29, 1.82) is 0 Å². The van der Waals surface area contributed by atoms with Crippen molar-refractivity contribution in [3.63, 3.8) is 0 Å². The van der Waals surface area contributed by atoms with Crippen molar-refractivity contribution >= 4 is 11.6 Å². The van der Waals surface area contributed by atoms with E-state index in [0.29, 0.717) is 6.10 Å². The molecule has 1 N–H and O–H groups in total. The second-order valence-corrected chi connectivity index (χ2v) is 3.86. The first-order valence-electron chi connectivity index (χ1n) is 5.70. The molecule has 16 heavy (non-hydrogen) atoms. The summed E-state index contributed by atoms with van der Waals surface area (Å²) in [5.41, 5.74) is 0. The fraction of sp³-hybridized carbons (Fsp3) is 0.636. The van der Waals surface area contributed by atoms with Crippen LogP contribution in [0.25, 0.3) is 0 Å². The highest BCUT2D eigenvalue weighted by Gasteiger charge is 2.20. The summed E-state index contributed by atoms with van der Waals surface area (Å²) >= 11 is 0. The van der Waals surface area contributed by atoms with E-state index in [1.165, 1.54) is 0 Å². The van der Waals surface area contributed by atoms with Crippen molar-refractivity contribution < 1.29 is 4.74 Å². The van der Waals surface area contributed by atoms with Crippen molar-refractivity contribution in [2.24, 2.45) is 0 Å². The Kier molecular flexibility index (Phi) is 3.56. The standard InChI is InChI=1S/C11H18N4O/c1-3-9-7-15(4-5-16-9)11-6-10(12-2)13-8-14-11/h6,8-9H,3-5,7H2,1-2H3,(H,12,13,14). The van der Waals surface area contributed by atoms with E-state index >= 15 is 0 Å². The Balaban J connectivity index is 2.10. The number of rotatable bonds is 3. The molecule has 1 aromatic rings. The summed E-state index contributed by atoms with van der Waals surface area (Å²) in [5, 5.41) is 3.02. The van der Waals surface area contributed by atoms with E-state index < -0.39 is 0 Å². The zero-order valence-corrected chi connectivity index (χ0v) is 9.81. The smallest absolute Gasteiger partial charge is 0.134 e. The molecule has 2 rings (SSSR count). The minimum absolute atomic E-state index is 0.321. The summed E-state index contributed by atoms with van der Waals surface area (Å²) in [6.45, 7) is 4.73. The van der Waals surface area contributed by atoms with Crippen LogP contribution >= 0.6 is 0 Å². The Morgan fingerprint density at radius 3 is 3.19 bits per heavy atom. The summed E-state index contributed by atoms with van der Waals surface area (Å²) in [4.78, 5) is 10.7. The van der Waals surface area contributed by atoms with Crippen LogP contribution in [0.2, 0.25) is 0 Å². The Hall–Kier alpha value is -1.36. The Labute approximate surface area is 95.8 Å². The zero-order chi connectivity index (χ0) is 11.4. The van der Waals surface area contributed by atoms with Crippen LogP contribution in [-0.2, 0) is 4.74 Å². The first kappa shape index (κ1) is 11.1. The van der Waals surface area contributed by atoms with Crippen LogP contribution < -0.4 is 10.2 Å². The van der Waals surface area contributed by atoms with Gasteiger partial charge in [0.05, 0.1) is 12.7 Å². The lowest BCUT2D eigenvalue weighted by molar-refractivity contribution is 0.0381. The van der Waals surface area contributed by atoms with E-state index in [-0.39, 0.29) is 0 Å². The molecular weight excluding hydrogens is 204 g/mol. The first-order valence-corrected chi connectivity index (χ1v) is 5.70. The number of morpholine rings is 1. The Morgan fingerprint density at radius 1 is 1.56 bits per heavy atom. The average molecular weight is 222 g/mol. The van der Waals surface area contributed by atoms with E-state index in [1.807, 2.05) is 13.1 Å². The molecule has 0 saturated carbocycles. The van der Waals surface area contributed by atoms with Gasteiger partial charge in [-0.1, -0.05) is 6.92 Å². The molecule has 1 aliphatic heterocycles. The fourth-order valence-electron chi connectivity index (χ4n) is 1.83. The van der Waals surface area contributed by atoms with Crippen LogP contribution in [0.4, 0.5) is 11.6 Å². The van der Waals surface area contributed by atoms with Gasteiger partial charge >= 0.3 is 0 Å². The lowest BCUT2D eigenvalue weighted by Crippen LogP contribution is -2.42. The normalized spacial score (nSPS) is 20.9. The van der Waals surface area contributed by atoms with Crippen LogP contribution in [0.5, 0.6) is 0 Å². The molecule has 1 atom stereocenters. The van der Waals surface area contributed by atoms with Crippen molar-refractivity contribution in [1.82, 2.24) is 9.97 Å². The summed E-state index contributed by atoms with van der Waals surface area (Å²) in [7, 11) is 1.86. The number of anilines is 2. The van der Waals surface area contributed by atoms with Gasteiger partial charge in [0.2, 0.25) is 0 Å². The maximum atomic E-state index is 5.63. The monoisotopic (exact) mass is 222 g/mol. The van der Waals surface area contributed by atoms with Crippen molar-refractivity contribution in [2.45, 2.75) is 19.4 Å². The molecule has 0 bridgehead atoms. The maximum absolute atomic E-state index is 5.63. The summed E-state index contributed by atoms with van der Waals surface area (Å²) in [6, 6.07) is 1.97. The second kappa shape index (κ2) is 5.12. The van der Waals surface area contributed by atoms with Gasteiger partial charge in [-0.05, 0) is 6.42 Å². The van der Waals surface area contributed by atoms with Crippen LogP contribution in [0, 0.1) is 0 Å². The highest BCUT2D eigenvalue weighted by molar-refractivity contribution is 5.48. The van der Waals surface area contributed by atoms with E-state index in [1.54, 1.807) is 6.33 Å². The molecule has 0 aromatic carbocycles. The Morgan fingerprint density at radius 2 is 2.44 bits per heavy atom.